The molecule has 0 amide bonds. The summed E-state index contributed by atoms with van der Waals surface area (Å²) in [4.78, 5) is 9.49. The Morgan fingerprint density at radius 1 is 1.03 bits per heavy atom. The van der Waals surface area contributed by atoms with Crippen molar-refractivity contribution in [1.82, 2.24) is 29.5 Å². The van der Waals surface area contributed by atoms with Crippen LogP contribution in [0.4, 0.5) is 5.82 Å². The van der Waals surface area contributed by atoms with Gasteiger partial charge in [-0.2, -0.15) is 10.2 Å². The molecule has 0 saturated carbocycles. The highest BCUT2D eigenvalue weighted by atomic mass is 16.3. The van der Waals surface area contributed by atoms with Crippen LogP contribution in [0.3, 0.4) is 0 Å². The molecule has 0 fully saturated rings. The Bertz CT molecular complexity index is 1200. The van der Waals surface area contributed by atoms with Crippen molar-refractivity contribution in [2.45, 2.75) is 32.3 Å². The van der Waals surface area contributed by atoms with Gasteiger partial charge in [0.05, 0.1) is 23.1 Å². The Morgan fingerprint density at radius 3 is 2.53 bits per heavy atom. The number of aromatic nitrogens is 6. The van der Waals surface area contributed by atoms with Gasteiger partial charge in [-0.25, -0.2) is 9.97 Å². The lowest BCUT2D eigenvalue weighted by molar-refractivity contribution is 0.0698. The second kappa shape index (κ2) is 8.92. The average molecular weight is 432 g/mol. The predicted octanol–water partition coefficient (Wildman–Crippen LogP) is 3.91. The van der Waals surface area contributed by atoms with Gasteiger partial charge in [0.2, 0.25) is 0 Å². The zero-order valence-corrected chi connectivity index (χ0v) is 18.9. The molecule has 4 aromatic rings. The normalized spacial score (nSPS) is 11.7. The average Bonchev–Trinajstić information content (AvgIpc) is 3.39. The van der Waals surface area contributed by atoms with E-state index in [4.69, 9.17) is 4.98 Å². The quantitative estimate of drug-likeness (QED) is 0.411. The Kier molecular flexibility index (Phi) is 6.05. The molecular weight excluding hydrogens is 402 g/mol. The third-order valence-electron chi connectivity index (χ3n) is 5.20. The lowest BCUT2D eigenvalue weighted by atomic mass is 10.0. The van der Waals surface area contributed by atoms with Gasteiger partial charge in [-0.3, -0.25) is 9.36 Å². The Morgan fingerprint density at radius 2 is 1.84 bits per heavy atom. The maximum absolute atomic E-state index is 9.99. The molecule has 4 rings (SSSR count). The predicted molar refractivity (Wildman–Crippen MR) is 126 cm³/mol. The summed E-state index contributed by atoms with van der Waals surface area (Å²) < 4.78 is 3.55. The molecular formula is C24H29N7O. The molecule has 3 aromatic heterocycles. The highest BCUT2D eigenvalue weighted by Crippen LogP contribution is 2.29. The van der Waals surface area contributed by atoms with Gasteiger partial charge in [0.1, 0.15) is 5.82 Å². The molecule has 0 aliphatic carbocycles. The summed E-state index contributed by atoms with van der Waals surface area (Å²) in [6, 6.07) is 10.1. The zero-order chi connectivity index (χ0) is 22.7. The van der Waals surface area contributed by atoms with Crippen LogP contribution in [0.15, 0.2) is 55.1 Å². The van der Waals surface area contributed by atoms with Crippen LogP contribution >= 0.6 is 0 Å². The Hall–Kier alpha value is -3.52. The van der Waals surface area contributed by atoms with Crippen molar-refractivity contribution in [3.8, 4) is 33.8 Å². The third kappa shape index (κ3) is 5.20. The van der Waals surface area contributed by atoms with E-state index in [9.17, 15) is 5.11 Å². The second-order valence-electron chi connectivity index (χ2n) is 8.66. The van der Waals surface area contributed by atoms with E-state index in [-0.39, 0.29) is 0 Å². The first-order chi connectivity index (χ1) is 15.3. The summed E-state index contributed by atoms with van der Waals surface area (Å²) in [6.07, 6.45) is 9.07. The van der Waals surface area contributed by atoms with Gasteiger partial charge in [0.15, 0.2) is 5.82 Å². The van der Waals surface area contributed by atoms with Crippen LogP contribution in [0.5, 0.6) is 0 Å². The van der Waals surface area contributed by atoms with E-state index in [1.807, 2.05) is 70.9 Å². The van der Waals surface area contributed by atoms with Crippen molar-refractivity contribution >= 4 is 5.82 Å². The number of benzene rings is 1. The first kappa shape index (κ1) is 21.7. The standard InChI is InChI=1S/C24H29N7O/c1-24(2,32)10-6-11-25-23-20(21-9-12-30(3)29-21)15-26-22(28-23)18-8-5-7-17(13-18)19-14-27-31(4)16-19/h5,7-9,12-16,32H,6,10-11H2,1-4H3,(H,25,26,28). The van der Waals surface area contributed by atoms with Gasteiger partial charge in [0.25, 0.3) is 0 Å². The topological polar surface area (TPSA) is 93.7 Å². The molecule has 0 radical (unpaired) electrons. The monoisotopic (exact) mass is 431 g/mol. The minimum Gasteiger partial charge on any atom is -0.390 e. The fourth-order valence-corrected chi connectivity index (χ4v) is 3.54. The van der Waals surface area contributed by atoms with Gasteiger partial charge in [0, 0.05) is 50.4 Å². The van der Waals surface area contributed by atoms with Crippen molar-refractivity contribution in [2.75, 3.05) is 11.9 Å². The van der Waals surface area contributed by atoms with E-state index >= 15 is 0 Å². The zero-order valence-electron chi connectivity index (χ0n) is 18.9. The van der Waals surface area contributed by atoms with Gasteiger partial charge < -0.3 is 10.4 Å². The summed E-state index contributed by atoms with van der Waals surface area (Å²) in [5.41, 5.74) is 4.01. The molecule has 0 spiro atoms. The van der Waals surface area contributed by atoms with E-state index in [0.29, 0.717) is 18.8 Å². The highest BCUT2D eigenvalue weighted by Gasteiger charge is 2.15. The van der Waals surface area contributed by atoms with Crippen LogP contribution in [0.1, 0.15) is 26.7 Å². The van der Waals surface area contributed by atoms with Crippen LogP contribution in [0.25, 0.3) is 33.8 Å². The summed E-state index contributed by atoms with van der Waals surface area (Å²) >= 11 is 0. The summed E-state index contributed by atoms with van der Waals surface area (Å²) in [5.74, 6) is 1.37. The van der Waals surface area contributed by atoms with Crippen molar-refractivity contribution in [2.24, 2.45) is 14.1 Å². The highest BCUT2D eigenvalue weighted by molar-refractivity contribution is 5.75. The number of hydrogen-bond acceptors (Lipinski definition) is 6. The van der Waals surface area contributed by atoms with Crippen LogP contribution in [0, 0.1) is 0 Å². The van der Waals surface area contributed by atoms with Crippen molar-refractivity contribution in [3.63, 3.8) is 0 Å². The van der Waals surface area contributed by atoms with E-state index in [1.165, 1.54) is 0 Å². The largest absolute Gasteiger partial charge is 0.390 e. The van der Waals surface area contributed by atoms with Gasteiger partial charge in [-0.1, -0.05) is 18.2 Å². The first-order valence-corrected chi connectivity index (χ1v) is 10.7. The van der Waals surface area contributed by atoms with E-state index < -0.39 is 5.60 Å². The lowest BCUT2D eigenvalue weighted by Gasteiger charge is -2.17. The second-order valence-corrected chi connectivity index (χ2v) is 8.66. The Balaban J connectivity index is 1.65. The van der Waals surface area contributed by atoms with Crippen molar-refractivity contribution in [1.29, 1.82) is 0 Å². The number of anilines is 1. The van der Waals surface area contributed by atoms with Gasteiger partial charge in [-0.15, -0.1) is 0 Å². The number of nitrogens with one attached hydrogen (secondary N) is 1. The third-order valence-corrected chi connectivity index (χ3v) is 5.20. The van der Waals surface area contributed by atoms with E-state index in [0.717, 1.165) is 40.2 Å². The first-order valence-electron chi connectivity index (χ1n) is 10.7. The molecule has 0 atom stereocenters. The minimum absolute atomic E-state index is 0.639. The van der Waals surface area contributed by atoms with Crippen LogP contribution in [0.2, 0.25) is 0 Å². The SMILES string of the molecule is Cn1cc(-c2cccc(-c3ncc(-c4ccn(C)n4)c(NCCCC(C)(C)O)n3)c2)cn1. The van der Waals surface area contributed by atoms with Gasteiger partial charge in [-0.05, 0) is 44.4 Å². The maximum Gasteiger partial charge on any atom is 0.161 e. The number of nitrogens with zero attached hydrogens (tertiary/aromatic N) is 6. The fraction of sp³-hybridized carbons (Fsp3) is 0.333. The molecule has 1 aromatic carbocycles. The van der Waals surface area contributed by atoms with Crippen LogP contribution < -0.4 is 5.32 Å². The van der Waals surface area contributed by atoms with Crippen LogP contribution in [-0.4, -0.2) is 46.8 Å². The molecule has 0 saturated heterocycles. The van der Waals surface area contributed by atoms with E-state index in [2.05, 4.69) is 32.6 Å². The number of hydrogen-bond donors (Lipinski definition) is 2. The summed E-state index contributed by atoms with van der Waals surface area (Å²) in [7, 11) is 3.79. The molecule has 2 N–H and O–H groups in total. The maximum atomic E-state index is 9.99. The fourth-order valence-electron chi connectivity index (χ4n) is 3.54. The molecule has 0 aliphatic rings. The molecule has 166 valence electrons. The number of aliphatic hydroxyl groups is 1. The smallest absolute Gasteiger partial charge is 0.161 e. The molecule has 32 heavy (non-hydrogen) atoms. The summed E-state index contributed by atoms with van der Waals surface area (Å²) in [5, 5.41) is 22.2. The van der Waals surface area contributed by atoms with Crippen molar-refractivity contribution in [3.05, 3.63) is 55.1 Å². The molecule has 8 nitrogen and oxygen atoms in total. The van der Waals surface area contributed by atoms with Gasteiger partial charge >= 0.3 is 0 Å². The molecule has 0 bridgehead atoms. The van der Waals surface area contributed by atoms with E-state index in [1.54, 1.807) is 9.36 Å². The number of aryl methyl sites for hydroxylation is 2. The molecule has 0 unspecified atom stereocenters. The van der Waals surface area contributed by atoms with Crippen LogP contribution in [-0.2, 0) is 14.1 Å². The van der Waals surface area contributed by atoms with Crippen molar-refractivity contribution < 1.29 is 5.11 Å². The number of rotatable bonds is 8. The molecule has 0 aliphatic heterocycles. The Labute approximate surface area is 188 Å². The molecule has 8 heteroatoms. The summed E-state index contributed by atoms with van der Waals surface area (Å²) in [6.45, 7) is 4.34. The minimum atomic E-state index is -0.685. The lowest BCUT2D eigenvalue weighted by Crippen LogP contribution is -2.20. The molecule has 3 heterocycles.